The molecule has 50 valence electrons. The van der Waals surface area contributed by atoms with Crippen molar-refractivity contribution in [2.45, 2.75) is 6.92 Å². The Morgan fingerprint density at radius 3 is 2.90 bits per heavy atom. The van der Waals surface area contributed by atoms with Crippen LogP contribution in [0.1, 0.15) is 5.69 Å². The van der Waals surface area contributed by atoms with Crippen molar-refractivity contribution in [2.24, 2.45) is 0 Å². The summed E-state index contributed by atoms with van der Waals surface area (Å²) < 4.78 is 4.12. The molecule has 0 radical (unpaired) electrons. The summed E-state index contributed by atoms with van der Waals surface area (Å²) in [7, 11) is 0. The van der Waals surface area contributed by atoms with Crippen LogP contribution in [0.3, 0.4) is 0 Å². The van der Waals surface area contributed by atoms with Gasteiger partial charge in [0.1, 0.15) is 0 Å². The van der Waals surface area contributed by atoms with Crippen LogP contribution in [0.4, 0.5) is 0 Å². The zero-order valence-corrected chi connectivity index (χ0v) is 5.86. The number of fused-ring (bicyclic) bond motifs is 1. The van der Waals surface area contributed by atoms with Gasteiger partial charge in [-0.3, -0.25) is 0 Å². The molecule has 0 spiro atoms. The second kappa shape index (κ2) is 1.84. The molecule has 0 aliphatic carbocycles. The van der Waals surface area contributed by atoms with Crippen LogP contribution >= 0.6 is 0 Å². The minimum atomic E-state index is 1.24. The summed E-state index contributed by atoms with van der Waals surface area (Å²) in [5.74, 6) is 0. The molecule has 2 heteroatoms. The van der Waals surface area contributed by atoms with Crippen molar-refractivity contribution < 1.29 is 4.52 Å². The largest absolute Gasteiger partial charge is 0.202 e. The highest BCUT2D eigenvalue weighted by atomic mass is 15.3. The van der Waals surface area contributed by atoms with Gasteiger partial charge in [-0.1, -0.05) is 4.52 Å². The van der Waals surface area contributed by atoms with Crippen molar-refractivity contribution in [3.8, 4) is 0 Å². The Morgan fingerprint density at radius 2 is 2.10 bits per heavy atom. The lowest BCUT2D eigenvalue weighted by atomic mass is 10.4. The fraction of sp³-hybridized carbons (Fsp3) is 0.125. The normalized spacial score (nSPS) is 10.5. The smallest absolute Gasteiger partial charge is 0.128 e. The molecule has 0 aliphatic rings. The molecule has 2 aromatic heterocycles. The standard InChI is InChI=1S/C8H9N2/c1-8-4-2-5-9-6-3-7-10(8)9/h2-7H,1H3/q+1. The van der Waals surface area contributed by atoms with E-state index < -0.39 is 0 Å². The third-order valence-electron chi connectivity index (χ3n) is 1.65. The lowest BCUT2D eigenvalue weighted by Gasteiger charge is -1.89. The summed E-state index contributed by atoms with van der Waals surface area (Å²) in [6, 6.07) is 6.14. The molecule has 0 aromatic carbocycles. The van der Waals surface area contributed by atoms with Gasteiger partial charge in [0.2, 0.25) is 12.4 Å². The highest BCUT2D eigenvalue weighted by molar-refractivity contribution is 4.97. The van der Waals surface area contributed by atoms with Crippen LogP contribution < -0.4 is 4.52 Å². The molecule has 0 unspecified atom stereocenters. The van der Waals surface area contributed by atoms with Crippen LogP contribution in [-0.2, 0) is 0 Å². The molecule has 0 amide bonds. The van der Waals surface area contributed by atoms with Crippen molar-refractivity contribution in [1.29, 1.82) is 0 Å². The Bertz CT molecular complexity index is 349. The molecule has 0 atom stereocenters. The van der Waals surface area contributed by atoms with Gasteiger partial charge in [0.25, 0.3) is 0 Å². The summed E-state index contributed by atoms with van der Waals surface area (Å²) in [4.78, 5) is 0. The van der Waals surface area contributed by atoms with Gasteiger partial charge in [-0.2, -0.15) is 0 Å². The minimum absolute atomic E-state index is 1.24. The molecular formula is C8H9N2+. The van der Waals surface area contributed by atoms with E-state index in [1.807, 2.05) is 35.2 Å². The van der Waals surface area contributed by atoms with Gasteiger partial charge in [0, 0.05) is 12.1 Å². The fourth-order valence-corrected chi connectivity index (χ4v) is 1.13. The molecule has 0 saturated carbocycles. The Kier molecular flexibility index (Phi) is 1.01. The van der Waals surface area contributed by atoms with Crippen LogP contribution in [0.2, 0.25) is 0 Å². The van der Waals surface area contributed by atoms with Crippen LogP contribution in [0.25, 0.3) is 0 Å². The van der Waals surface area contributed by atoms with Crippen LogP contribution in [-0.4, -0.2) is 4.52 Å². The maximum Gasteiger partial charge on any atom is 0.202 e. The van der Waals surface area contributed by atoms with E-state index in [4.69, 9.17) is 0 Å². The third-order valence-corrected chi connectivity index (χ3v) is 1.65. The van der Waals surface area contributed by atoms with Gasteiger partial charge in [0.05, 0.1) is 11.9 Å². The zero-order valence-electron chi connectivity index (χ0n) is 5.86. The van der Waals surface area contributed by atoms with Gasteiger partial charge in [0.15, 0.2) is 0 Å². The molecule has 0 saturated heterocycles. The predicted molar refractivity (Wildman–Crippen MR) is 37.8 cm³/mol. The van der Waals surface area contributed by atoms with Gasteiger partial charge in [-0.25, -0.2) is 0 Å². The number of rotatable bonds is 0. The topological polar surface area (TPSA) is 8.51 Å². The second-order valence-electron chi connectivity index (χ2n) is 2.36. The molecule has 0 bridgehead atoms. The lowest BCUT2D eigenvalue weighted by Crippen LogP contribution is -2.27. The van der Waals surface area contributed by atoms with Crippen molar-refractivity contribution in [3.63, 3.8) is 0 Å². The van der Waals surface area contributed by atoms with E-state index in [-0.39, 0.29) is 0 Å². The quantitative estimate of drug-likeness (QED) is 0.471. The van der Waals surface area contributed by atoms with E-state index in [1.165, 1.54) is 5.69 Å². The number of aryl methyl sites for hydroxylation is 1. The summed E-state index contributed by atoms with van der Waals surface area (Å²) in [5.41, 5.74) is 1.24. The maximum absolute atomic E-state index is 2.08. The summed E-state index contributed by atoms with van der Waals surface area (Å²) in [5, 5.41) is 0. The fourth-order valence-electron chi connectivity index (χ4n) is 1.13. The molecule has 0 fully saturated rings. The highest BCUT2D eigenvalue weighted by Gasteiger charge is 1.98. The first-order chi connectivity index (χ1) is 4.88. The average Bonchev–Trinajstić information content (AvgIpc) is 2.36. The van der Waals surface area contributed by atoms with Gasteiger partial charge in [-0.15, -0.1) is 4.52 Å². The van der Waals surface area contributed by atoms with Crippen LogP contribution in [0.15, 0.2) is 36.8 Å². The summed E-state index contributed by atoms with van der Waals surface area (Å²) in [6.45, 7) is 2.08. The molecule has 2 heterocycles. The Hall–Kier alpha value is -1.31. The number of hydrogen-bond acceptors (Lipinski definition) is 0. The number of aromatic nitrogens is 2. The number of hydrogen-bond donors (Lipinski definition) is 0. The molecule has 0 aliphatic heterocycles. The van der Waals surface area contributed by atoms with E-state index in [0.717, 1.165) is 0 Å². The van der Waals surface area contributed by atoms with Gasteiger partial charge < -0.3 is 0 Å². The molecule has 0 N–H and O–H groups in total. The third kappa shape index (κ3) is 0.620. The van der Waals surface area contributed by atoms with Crippen molar-refractivity contribution in [3.05, 3.63) is 42.5 Å². The molecular weight excluding hydrogens is 124 g/mol. The Labute approximate surface area is 59.3 Å². The first-order valence-corrected chi connectivity index (χ1v) is 3.32. The SMILES string of the molecule is Cc1ccc[n+]2cccn12. The van der Waals surface area contributed by atoms with E-state index in [1.54, 1.807) is 0 Å². The predicted octanol–water partition coefficient (Wildman–Crippen LogP) is 0.833. The molecule has 2 rings (SSSR count). The summed E-state index contributed by atoms with van der Waals surface area (Å²) in [6.07, 6.45) is 6.08. The van der Waals surface area contributed by atoms with Crippen LogP contribution in [0, 0.1) is 6.92 Å². The summed E-state index contributed by atoms with van der Waals surface area (Å²) >= 11 is 0. The lowest BCUT2D eigenvalue weighted by molar-refractivity contribution is -0.618. The number of nitrogens with zero attached hydrogens (tertiary/aromatic N) is 2. The molecule has 2 aromatic rings. The molecule has 2 nitrogen and oxygen atoms in total. The van der Waals surface area contributed by atoms with E-state index >= 15 is 0 Å². The highest BCUT2D eigenvalue weighted by Crippen LogP contribution is 1.90. The molecule has 10 heavy (non-hydrogen) atoms. The van der Waals surface area contributed by atoms with E-state index in [2.05, 4.69) is 17.5 Å². The van der Waals surface area contributed by atoms with Crippen molar-refractivity contribution in [1.82, 2.24) is 4.52 Å². The van der Waals surface area contributed by atoms with Gasteiger partial charge in [-0.05, 0) is 13.0 Å². The van der Waals surface area contributed by atoms with Crippen molar-refractivity contribution >= 4 is 0 Å². The monoisotopic (exact) mass is 133 g/mol. The van der Waals surface area contributed by atoms with E-state index in [9.17, 15) is 0 Å². The van der Waals surface area contributed by atoms with E-state index in [0.29, 0.717) is 0 Å². The first-order valence-electron chi connectivity index (χ1n) is 3.32. The van der Waals surface area contributed by atoms with Crippen molar-refractivity contribution in [2.75, 3.05) is 0 Å². The average molecular weight is 133 g/mol. The minimum Gasteiger partial charge on any atom is -0.128 e. The zero-order chi connectivity index (χ0) is 6.97. The second-order valence-corrected chi connectivity index (χ2v) is 2.36. The van der Waals surface area contributed by atoms with Gasteiger partial charge >= 0.3 is 0 Å². The Morgan fingerprint density at radius 1 is 1.30 bits per heavy atom. The van der Waals surface area contributed by atoms with Crippen LogP contribution in [0.5, 0.6) is 0 Å². The first kappa shape index (κ1) is 5.47. The maximum atomic E-state index is 2.08. The Balaban J connectivity index is 2.95.